The largest absolute Gasteiger partial charge is 0.496 e. The number of nitrogens with zero attached hydrogens (tertiary/aromatic N) is 1. The van der Waals surface area contributed by atoms with Crippen molar-refractivity contribution in [2.45, 2.75) is 0 Å². The Morgan fingerprint density at radius 3 is 2.71 bits per heavy atom. The smallest absolute Gasteiger partial charge is 0.216 e. The molecule has 0 saturated heterocycles. The van der Waals surface area contributed by atoms with E-state index in [2.05, 4.69) is 20.9 Å². The highest BCUT2D eigenvalue weighted by Gasteiger charge is 2.18. The Kier molecular flexibility index (Phi) is 3.54. The summed E-state index contributed by atoms with van der Waals surface area (Å²) >= 11 is 3.36. The predicted molar refractivity (Wildman–Crippen MR) is 68.4 cm³/mol. The van der Waals surface area contributed by atoms with Gasteiger partial charge in [-0.05, 0) is 40.2 Å². The first kappa shape index (κ1) is 11.8. The summed E-state index contributed by atoms with van der Waals surface area (Å²) in [5, 5.41) is 0. The van der Waals surface area contributed by atoms with Crippen LogP contribution in [0.15, 0.2) is 47.1 Å². The molecule has 2 rings (SSSR count). The number of halogens is 1. The minimum absolute atomic E-state index is 0.157. The van der Waals surface area contributed by atoms with Crippen LogP contribution in [0.4, 0.5) is 0 Å². The Morgan fingerprint density at radius 1 is 1.24 bits per heavy atom. The minimum Gasteiger partial charge on any atom is -0.496 e. The van der Waals surface area contributed by atoms with Gasteiger partial charge in [0.15, 0.2) is 0 Å². The van der Waals surface area contributed by atoms with E-state index in [1.54, 1.807) is 36.5 Å². The van der Waals surface area contributed by atoms with Crippen LogP contribution >= 0.6 is 15.9 Å². The summed E-state index contributed by atoms with van der Waals surface area (Å²) in [5.74, 6) is 0.380. The first-order valence-electron chi connectivity index (χ1n) is 5.02. The van der Waals surface area contributed by atoms with Crippen molar-refractivity contribution in [2.24, 2.45) is 0 Å². The number of hydrogen-bond donors (Lipinski definition) is 0. The molecule has 0 amide bonds. The molecule has 3 nitrogen and oxygen atoms in total. The lowest BCUT2D eigenvalue weighted by atomic mass is 10.1. The normalized spacial score (nSPS) is 10.0. The van der Waals surface area contributed by atoms with E-state index >= 15 is 0 Å². The highest BCUT2D eigenvalue weighted by molar-refractivity contribution is 9.10. The van der Waals surface area contributed by atoms with Gasteiger partial charge < -0.3 is 4.74 Å². The molecule has 0 N–H and O–H groups in total. The standard InChI is InChI=1S/C13H10BrNO2/c1-17-11-7-4-5-9(14)12(11)13(16)10-6-2-3-8-15-10/h2-8H,1H3. The van der Waals surface area contributed by atoms with Crippen molar-refractivity contribution in [3.8, 4) is 5.75 Å². The molecule has 0 spiro atoms. The fraction of sp³-hybridized carbons (Fsp3) is 0.0769. The molecule has 0 atom stereocenters. The second-order valence-corrected chi connectivity index (χ2v) is 4.22. The predicted octanol–water partition coefficient (Wildman–Crippen LogP) is 3.08. The van der Waals surface area contributed by atoms with Crippen LogP contribution in [0.25, 0.3) is 0 Å². The number of rotatable bonds is 3. The number of carbonyl (C=O) groups excluding carboxylic acids is 1. The van der Waals surface area contributed by atoms with Crippen LogP contribution in [0.1, 0.15) is 16.1 Å². The van der Waals surface area contributed by atoms with Crippen molar-refractivity contribution in [1.29, 1.82) is 0 Å². The van der Waals surface area contributed by atoms with Crippen molar-refractivity contribution < 1.29 is 9.53 Å². The van der Waals surface area contributed by atoms with Gasteiger partial charge in [-0.2, -0.15) is 0 Å². The Morgan fingerprint density at radius 2 is 2.06 bits per heavy atom. The molecule has 1 aromatic carbocycles. The molecule has 4 heteroatoms. The van der Waals surface area contributed by atoms with E-state index in [4.69, 9.17) is 4.74 Å². The van der Waals surface area contributed by atoms with E-state index in [0.29, 0.717) is 21.5 Å². The molecule has 0 bridgehead atoms. The van der Waals surface area contributed by atoms with Crippen LogP contribution < -0.4 is 4.74 Å². The molecule has 0 aliphatic rings. The fourth-order valence-electron chi connectivity index (χ4n) is 1.52. The fourth-order valence-corrected chi connectivity index (χ4v) is 2.05. The molecule has 0 aliphatic heterocycles. The number of ether oxygens (including phenoxy) is 1. The van der Waals surface area contributed by atoms with Gasteiger partial charge in [0.05, 0.1) is 12.7 Å². The quantitative estimate of drug-likeness (QED) is 0.816. The van der Waals surface area contributed by atoms with Gasteiger partial charge >= 0.3 is 0 Å². The number of hydrogen-bond acceptors (Lipinski definition) is 3. The van der Waals surface area contributed by atoms with Gasteiger partial charge in [-0.1, -0.05) is 12.1 Å². The van der Waals surface area contributed by atoms with Gasteiger partial charge in [0.1, 0.15) is 11.4 Å². The lowest BCUT2D eigenvalue weighted by Gasteiger charge is -2.08. The molecule has 1 aromatic heterocycles. The average molecular weight is 292 g/mol. The van der Waals surface area contributed by atoms with Crippen molar-refractivity contribution in [1.82, 2.24) is 4.98 Å². The maximum absolute atomic E-state index is 12.3. The first-order chi connectivity index (χ1) is 8.24. The Labute approximate surface area is 108 Å². The molecule has 17 heavy (non-hydrogen) atoms. The van der Waals surface area contributed by atoms with E-state index in [1.165, 1.54) is 7.11 Å². The van der Waals surface area contributed by atoms with Crippen molar-refractivity contribution in [3.05, 3.63) is 58.3 Å². The summed E-state index contributed by atoms with van der Waals surface area (Å²) in [4.78, 5) is 16.3. The van der Waals surface area contributed by atoms with Crippen LogP contribution in [0.3, 0.4) is 0 Å². The second kappa shape index (κ2) is 5.10. The van der Waals surface area contributed by atoms with E-state index < -0.39 is 0 Å². The van der Waals surface area contributed by atoms with Gasteiger partial charge in [-0.3, -0.25) is 9.78 Å². The first-order valence-corrected chi connectivity index (χ1v) is 5.81. The number of methoxy groups -OCH3 is 1. The summed E-state index contributed by atoms with van der Waals surface area (Å²) in [6.45, 7) is 0. The highest BCUT2D eigenvalue weighted by Crippen LogP contribution is 2.28. The molecule has 0 unspecified atom stereocenters. The maximum Gasteiger partial charge on any atom is 0.216 e. The minimum atomic E-state index is -0.157. The third kappa shape index (κ3) is 2.36. The Hall–Kier alpha value is -1.68. The van der Waals surface area contributed by atoms with Crippen molar-refractivity contribution >= 4 is 21.7 Å². The van der Waals surface area contributed by atoms with Crippen LogP contribution in [0, 0.1) is 0 Å². The molecule has 0 saturated carbocycles. The third-order valence-corrected chi connectivity index (χ3v) is 2.98. The Balaban J connectivity index is 2.51. The van der Waals surface area contributed by atoms with Gasteiger partial charge in [0.2, 0.25) is 5.78 Å². The van der Waals surface area contributed by atoms with Crippen LogP contribution in [0.2, 0.25) is 0 Å². The van der Waals surface area contributed by atoms with Crippen LogP contribution in [-0.2, 0) is 0 Å². The summed E-state index contributed by atoms with van der Waals surface area (Å²) in [5.41, 5.74) is 0.895. The van der Waals surface area contributed by atoms with Gasteiger partial charge in [-0.15, -0.1) is 0 Å². The summed E-state index contributed by atoms with van der Waals surface area (Å²) in [6.07, 6.45) is 1.59. The molecule has 86 valence electrons. The third-order valence-electron chi connectivity index (χ3n) is 2.32. The number of pyridine rings is 1. The average Bonchev–Trinajstić information content (AvgIpc) is 2.38. The summed E-state index contributed by atoms with van der Waals surface area (Å²) < 4.78 is 5.89. The van der Waals surface area contributed by atoms with Crippen molar-refractivity contribution in [2.75, 3.05) is 7.11 Å². The van der Waals surface area contributed by atoms with E-state index in [-0.39, 0.29) is 5.78 Å². The monoisotopic (exact) mass is 291 g/mol. The molecular formula is C13H10BrNO2. The maximum atomic E-state index is 12.3. The summed E-state index contributed by atoms with van der Waals surface area (Å²) in [7, 11) is 1.54. The summed E-state index contributed by atoms with van der Waals surface area (Å²) in [6, 6.07) is 10.6. The number of aromatic nitrogens is 1. The van der Waals surface area contributed by atoms with Gasteiger partial charge in [0, 0.05) is 10.7 Å². The molecule has 0 fully saturated rings. The van der Waals surface area contributed by atoms with Crippen molar-refractivity contribution in [3.63, 3.8) is 0 Å². The molecule has 2 aromatic rings. The van der Waals surface area contributed by atoms with Crippen LogP contribution in [0.5, 0.6) is 5.75 Å². The zero-order valence-electron chi connectivity index (χ0n) is 9.18. The number of benzene rings is 1. The van der Waals surface area contributed by atoms with Gasteiger partial charge in [-0.25, -0.2) is 0 Å². The SMILES string of the molecule is COc1cccc(Br)c1C(=O)c1ccccn1. The lowest BCUT2D eigenvalue weighted by Crippen LogP contribution is -2.06. The highest BCUT2D eigenvalue weighted by atomic mass is 79.9. The van der Waals surface area contributed by atoms with Gasteiger partial charge in [0.25, 0.3) is 0 Å². The van der Waals surface area contributed by atoms with Crippen LogP contribution in [-0.4, -0.2) is 17.9 Å². The second-order valence-electron chi connectivity index (χ2n) is 3.36. The zero-order valence-corrected chi connectivity index (χ0v) is 10.8. The zero-order chi connectivity index (χ0) is 12.3. The number of carbonyl (C=O) groups is 1. The molecule has 0 aliphatic carbocycles. The lowest BCUT2D eigenvalue weighted by molar-refractivity contribution is 0.103. The molecule has 1 heterocycles. The number of ketones is 1. The van der Waals surface area contributed by atoms with E-state index in [9.17, 15) is 4.79 Å². The van der Waals surface area contributed by atoms with E-state index in [0.717, 1.165) is 0 Å². The molecular weight excluding hydrogens is 282 g/mol. The molecule has 0 radical (unpaired) electrons. The topological polar surface area (TPSA) is 39.2 Å². The van der Waals surface area contributed by atoms with E-state index in [1.807, 2.05) is 6.07 Å². The Bertz CT molecular complexity index is 540.